The molecule has 4 heterocycles. The number of anilines is 1. The average molecular weight is 368 g/mol. The molecule has 0 aliphatic carbocycles. The van der Waals surface area contributed by atoms with Gasteiger partial charge in [-0.3, -0.25) is 4.79 Å². The number of nitrogens with one attached hydrogen (secondary N) is 1. The van der Waals surface area contributed by atoms with Crippen molar-refractivity contribution in [1.29, 1.82) is 0 Å². The molecule has 3 aromatic heterocycles. The molecule has 0 saturated carbocycles. The number of amides is 1. The Morgan fingerprint density at radius 2 is 2.08 bits per heavy atom. The lowest BCUT2D eigenvalue weighted by Crippen LogP contribution is -2.40. The van der Waals surface area contributed by atoms with Crippen molar-refractivity contribution in [2.24, 2.45) is 5.92 Å². The van der Waals surface area contributed by atoms with Gasteiger partial charge in [-0.2, -0.15) is 0 Å². The summed E-state index contributed by atoms with van der Waals surface area (Å²) < 4.78 is 5.25. The van der Waals surface area contributed by atoms with Gasteiger partial charge in [0.25, 0.3) is 0 Å². The van der Waals surface area contributed by atoms with Crippen LogP contribution in [0.1, 0.15) is 18.6 Å². The molecule has 0 radical (unpaired) electrons. The van der Waals surface area contributed by atoms with Gasteiger partial charge in [0.05, 0.1) is 17.7 Å². The molecule has 7 heteroatoms. The van der Waals surface area contributed by atoms with Crippen LogP contribution in [0.25, 0.3) is 10.6 Å². The van der Waals surface area contributed by atoms with E-state index in [4.69, 9.17) is 4.42 Å². The van der Waals surface area contributed by atoms with Crippen molar-refractivity contribution < 1.29 is 9.21 Å². The van der Waals surface area contributed by atoms with Crippen LogP contribution in [0.2, 0.25) is 0 Å². The first-order valence-corrected chi connectivity index (χ1v) is 9.60. The van der Waals surface area contributed by atoms with Gasteiger partial charge >= 0.3 is 0 Å². The molecule has 26 heavy (non-hydrogen) atoms. The average Bonchev–Trinajstić information content (AvgIpc) is 3.40. The highest BCUT2D eigenvalue weighted by Gasteiger charge is 2.25. The molecule has 0 bridgehead atoms. The van der Waals surface area contributed by atoms with Crippen LogP contribution in [-0.4, -0.2) is 29.2 Å². The molecular formula is C19H20N4O2S. The fraction of sp³-hybridized carbons (Fsp3) is 0.316. The molecule has 1 saturated heterocycles. The number of aromatic nitrogens is 2. The van der Waals surface area contributed by atoms with E-state index < -0.39 is 0 Å². The zero-order chi connectivity index (χ0) is 17.8. The van der Waals surface area contributed by atoms with Crippen molar-refractivity contribution in [3.8, 4) is 10.6 Å². The van der Waals surface area contributed by atoms with Crippen molar-refractivity contribution in [3.05, 3.63) is 53.8 Å². The highest BCUT2D eigenvalue weighted by Crippen LogP contribution is 2.25. The standard InChI is InChI=1S/C19H20N4O2S/c24-19(20-13-15-3-1-11-25-15)14-7-9-23(10-8-14)18-6-5-16(21-22-18)17-4-2-12-26-17/h1-6,11-12,14H,7-10,13H2,(H,20,24). The maximum atomic E-state index is 12.3. The zero-order valence-corrected chi connectivity index (χ0v) is 15.1. The summed E-state index contributed by atoms with van der Waals surface area (Å²) >= 11 is 1.66. The molecule has 4 rings (SSSR count). The second kappa shape index (κ2) is 7.70. The number of carbonyl (C=O) groups excluding carboxylic acids is 1. The van der Waals surface area contributed by atoms with E-state index in [1.807, 2.05) is 41.8 Å². The van der Waals surface area contributed by atoms with Crippen LogP contribution in [0.5, 0.6) is 0 Å². The van der Waals surface area contributed by atoms with Gasteiger partial charge in [-0.15, -0.1) is 21.5 Å². The number of thiophene rings is 1. The highest BCUT2D eigenvalue weighted by molar-refractivity contribution is 7.13. The van der Waals surface area contributed by atoms with E-state index in [1.165, 1.54) is 0 Å². The Balaban J connectivity index is 1.29. The van der Waals surface area contributed by atoms with E-state index in [0.29, 0.717) is 6.54 Å². The second-order valence-corrected chi connectivity index (χ2v) is 7.26. The van der Waals surface area contributed by atoms with E-state index in [9.17, 15) is 4.79 Å². The van der Waals surface area contributed by atoms with Gasteiger partial charge in [-0.25, -0.2) is 0 Å². The van der Waals surface area contributed by atoms with E-state index in [-0.39, 0.29) is 11.8 Å². The molecule has 134 valence electrons. The first-order chi connectivity index (χ1) is 12.8. The molecule has 1 N–H and O–H groups in total. The van der Waals surface area contributed by atoms with Gasteiger partial charge in [0.15, 0.2) is 5.82 Å². The summed E-state index contributed by atoms with van der Waals surface area (Å²) in [5.74, 6) is 1.79. The Hall–Kier alpha value is -2.67. The van der Waals surface area contributed by atoms with Crippen LogP contribution in [0.4, 0.5) is 5.82 Å². The van der Waals surface area contributed by atoms with Gasteiger partial charge in [0.2, 0.25) is 5.91 Å². The summed E-state index contributed by atoms with van der Waals surface area (Å²) in [5, 5.41) is 13.7. The van der Waals surface area contributed by atoms with Crippen LogP contribution in [0.15, 0.2) is 52.5 Å². The van der Waals surface area contributed by atoms with Crippen LogP contribution < -0.4 is 10.2 Å². The lowest BCUT2D eigenvalue weighted by atomic mass is 9.96. The van der Waals surface area contributed by atoms with Gasteiger partial charge in [0.1, 0.15) is 11.5 Å². The summed E-state index contributed by atoms with van der Waals surface area (Å²) in [6.45, 7) is 2.07. The van der Waals surface area contributed by atoms with Crippen molar-refractivity contribution >= 4 is 23.1 Å². The minimum absolute atomic E-state index is 0.0413. The van der Waals surface area contributed by atoms with E-state index >= 15 is 0 Å². The SMILES string of the molecule is O=C(NCc1ccco1)C1CCN(c2ccc(-c3cccs3)nn2)CC1. The lowest BCUT2D eigenvalue weighted by molar-refractivity contribution is -0.125. The molecule has 0 spiro atoms. The summed E-state index contributed by atoms with van der Waals surface area (Å²) in [7, 11) is 0. The molecule has 1 amide bonds. The van der Waals surface area contributed by atoms with Gasteiger partial charge in [-0.1, -0.05) is 6.07 Å². The molecular weight excluding hydrogens is 348 g/mol. The lowest BCUT2D eigenvalue weighted by Gasteiger charge is -2.31. The molecule has 1 fully saturated rings. The fourth-order valence-corrected chi connectivity index (χ4v) is 3.84. The molecule has 3 aromatic rings. The van der Waals surface area contributed by atoms with Crippen LogP contribution in [0.3, 0.4) is 0 Å². The number of furan rings is 1. The minimum Gasteiger partial charge on any atom is -0.467 e. The second-order valence-electron chi connectivity index (χ2n) is 6.31. The fourth-order valence-electron chi connectivity index (χ4n) is 3.15. The normalized spacial score (nSPS) is 15.2. The van der Waals surface area contributed by atoms with Crippen LogP contribution in [-0.2, 0) is 11.3 Å². The third-order valence-corrected chi connectivity index (χ3v) is 5.52. The van der Waals surface area contributed by atoms with Gasteiger partial charge in [0, 0.05) is 19.0 Å². The maximum absolute atomic E-state index is 12.3. The topological polar surface area (TPSA) is 71.3 Å². The number of rotatable bonds is 5. The van der Waals surface area contributed by atoms with Crippen LogP contribution in [0, 0.1) is 5.92 Å². The largest absolute Gasteiger partial charge is 0.467 e. The van der Waals surface area contributed by atoms with E-state index in [2.05, 4.69) is 20.4 Å². The quantitative estimate of drug-likeness (QED) is 0.748. The van der Waals surface area contributed by atoms with Crippen molar-refractivity contribution in [2.75, 3.05) is 18.0 Å². The number of piperidine rings is 1. The van der Waals surface area contributed by atoms with Gasteiger partial charge in [-0.05, 0) is 48.6 Å². The van der Waals surface area contributed by atoms with Crippen LogP contribution >= 0.6 is 11.3 Å². The first kappa shape index (κ1) is 16.8. The third-order valence-electron chi connectivity index (χ3n) is 4.63. The van der Waals surface area contributed by atoms with Crippen molar-refractivity contribution in [1.82, 2.24) is 15.5 Å². The third kappa shape index (κ3) is 3.77. The van der Waals surface area contributed by atoms with Gasteiger partial charge < -0.3 is 14.6 Å². The first-order valence-electron chi connectivity index (χ1n) is 8.72. The Kier molecular flexibility index (Phi) is 4.97. The Morgan fingerprint density at radius 3 is 2.73 bits per heavy atom. The summed E-state index contributed by atoms with van der Waals surface area (Å²) in [5.41, 5.74) is 0.899. The molecule has 6 nitrogen and oxygen atoms in total. The Bertz CT molecular complexity index is 823. The van der Waals surface area contributed by atoms with Crippen molar-refractivity contribution in [3.63, 3.8) is 0 Å². The monoisotopic (exact) mass is 368 g/mol. The zero-order valence-electron chi connectivity index (χ0n) is 14.3. The molecule has 1 aliphatic heterocycles. The number of nitrogens with zero attached hydrogens (tertiary/aromatic N) is 3. The Labute approximate surface area is 155 Å². The molecule has 1 aliphatic rings. The predicted molar refractivity (Wildman–Crippen MR) is 101 cm³/mol. The predicted octanol–water partition coefficient (Wildman–Crippen LogP) is 3.33. The number of carbonyl (C=O) groups is 1. The smallest absolute Gasteiger partial charge is 0.223 e. The molecule has 0 unspecified atom stereocenters. The highest BCUT2D eigenvalue weighted by atomic mass is 32.1. The van der Waals surface area contributed by atoms with E-state index in [0.717, 1.165) is 48.1 Å². The molecule has 0 aromatic carbocycles. The summed E-state index contributed by atoms with van der Waals surface area (Å²) in [4.78, 5) is 15.6. The molecule has 0 atom stereocenters. The maximum Gasteiger partial charge on any atom is 0.223 e. The Morgan fingerprint density at radius 1 is 1.19 bits per heavy atom. The number of hydrogen-bond donors (Lipinski definition) is 1. The van der Waals surface area contributed by atoms with Crippen molar-refractivity contribution in [2.45, 2.75) is 19.4 Å². The van der Waals surface area contributed by atoms with E-state index in [1.54, 1.807) is 17.6 Å². The summed E-state index contributed by atoms with van der Waals surface area (Å²) in [6.07, 6.45) is 3.25. The summed E-state index contributed by atoms with van der Waals surface area (Å²) in [6, 6.07) is 11.8. The minimum atomic E-state index is 0.0413. The number of hydrogen-bond acceptors (Lipinski definition) is 6.